The van der Waals surface area contributed by atoms with Crippen molar-refractivity contribution in [2.45, 2.75) is 266 Å². The van der Waals surface area contributed by atoms with E-state index in [1.807, 2.05) is 0 Å². The summed E-state index contributed by atoms with van der Waals surface area (Å²) in [5, 5.41) is 25.2. The van der Waals surface area contributed by atoms with E-state index in [1.54, 1.807) is 0 Å². The van der Waals surface area contributed by atoms with Gasteiger partial charge < -0.3 is 88.4 Å². The first-order valence-electron chi connectivity index (χ1n) is 34.3. The second-order valence-electron chi connectivity index (χ2n) is 26.7. The lowest BCUT2D eigenvalue weighted by Gasteiger charge is -2.37. The molecule has 15 atom stereocenters. The summed E-state index contributed by atoms with van der Waals surface area (Å²) in [6, 6.07) is -4.28. The second kappa shape index (κ2) is 38.1. The number of nitrogens with one attached hydrogen (secondary N) is 8. The van der Waals surface area contributed by atoms with Crippen LogP contribution in [0.15, 0.2) is 15.0 Å². The summed E-state index contributed by atoms with van der Waals surface area (Å²) >= 11 is 0. The van der Waals surface area contributed by atoms with E-state index in [-0.39, 0.29) is 109 Å². The van der Waals surface area contributed by atoms with Crippen LogP contribution in [0.1, 0.15) is 212 Å². The zero-order valence-corrected chi connectivity index (χ0v) is 53.8. The van der Waals surface area contributed by atoms with Crippen molar-refractivity contribution in [3.8, 4) is 0 Å². The van der Waals surface area contributed by atoms with E-state index in [0.717, 1.165) is 89.9 Å². The van der Waals surface area contributed by atoms with Gasteiger partial charge in [-0.2, -0.15) is 0 Å². The number of hydrogen-bond acceptors (Lipinski definition) is 13. The molecule has 0 radical (unpaired) electrons. The quantitative estimate of drug-likeness (QED) is 0.0242. The molecule has 28 nitrogen and oxygen atoms in total. The summed E-state index contributed by atoms with van der Waals surface area (Å²) in [5.74, 6) is -5.86. The molecule has 0 bridgehead atoms. The highest BCUT2D eigenvalue weighted by molar-refractivity contribution is 5.88. The fraction of sp³-hybridized carbons (Fsp3) is 0.810. The average Bonchev–Trinajstić information content (AvgIpc) is 1.88. The highest BCUT2D eigenvalue weighted by Gasteiger charge is 2.42. The molecule has 0 aromatic carbocycles. The number of carbonyl (C=O) groups is 9. The van der Waals surface area contributed by atoms with Crippen LogP contribution in [0, 0.1) is 35.5 Å². The predicted molar refractivity (Wildman–Crippen MR) is 348 cm³/mol. The molecule has 6 fully saturated rings. The minimum Gasteiger partial charge on any atom is -0.370 e. The zero-order chi connectivity index (χ0) is 65.8. The Balaban J connectivity index is 1.06. The molecule has 0 heterocycles. The molecule has 6 aliphatic rings. The van der Waals surface area contributed by atoms with Crippen LogP contribution in [0.3, 0.4) is 0 Å². The average molecular weight is 1280 g/mol. The fourth-order valence-electron chi connectivity index (χ4n) is 14.9. The molecule has 6 rings (SSSR count). The Morgan fingerprint density at radius 3 is 0.868 bits per heavy atom. The largest absolute Gasteiger partial charge is 0.370 e. The number of guanidine groups is 3. The van der Waals surface area contributed by atoms with Crippen molar-refractivity contribution in [2.75, 3.05) is 19.6 Å². The molecule has 0 saturated heterocycles. The van der Waals surface area contributed by atoms with Crippen LogP contribution in [0.4, 0.5) is 0 Å². The van der Waals surface area contributed by atoms with Gasteiger partial charge in [0.25, 0.3) is 0 Å². The minimum absolute atomic E-state index is 0.0523. The smallest absolute Gasteiger partial charge is 0.225 e. The van der Waals surface area contributed by atoms with E-state index in [9.17, 15) is 43.2 Å². The number of hydrogen-bond donors (Lipinski definition) is 16. The molecule has 0 aromatic heterocycles. The number of primary amides is 1. The van der Waals surface area contributed by atoms with Gasteiger partial charge in [-0.3, -0.25) is 58.1 Å². The molecule has 28 heteroatoms. The minimum atomic E-state index is -0.643. The Morgan fingerprint density at radius 2 is 0.571 bits per heavy atom. The van der Waals surface area contributed by atoms with E-state index in [4.69, 9.17) is 45.9 Å². The van der Waals surface area contributed by atoms with Crippen molar-refractivity contribution in [3.05, 3.63) is 0 Å². The second-order valence-corrected chi connectivity index (χ2v) is 26.7. The van der Waals surface area contributed by atoms with Crippen LogP contribution in [0.25, 0.3) is 0 Å². The van der Waals surface area contributed by atoms with Crippen molar-refractivity contribution in [2.24, 2.45) is 96.4 Å². The Labute approximate surface area is 537 Å². The Hall–Kier alpha value is -7.00. The normalized spacial score (nSPS) is 27.7. The third kappa shape index (κ3) is 24.9. The number of nitrogens with two attached hydrogens (primary N) is 8. The van der Waals surface area contributed by atoms with Gasteiger partial charge in [0.05, 0.1) is 35.5 Å². The third-order valence-electron chi connectivity index (χ3n) is 19.7. The summed E-state index contributed by atoms with van der Waals surface area (Å²) in [6.07, 6.45) is 19.5. The van der Waals surface area contributed by atoms with E-state index in [0.29, 0.717) is 116 Å². The Bertz CT molecular complexity index is 2510. The van der Waals surface area contributed by atoms with E-state index >= 15 is 0 Å². The highest BCUT2D eigenvalue weighted by atomic mass is 16.2. The van der Waals surface area contributed by atoms with Crippen molar-refractivity contribution in [3.63, 3.8) is 0 Å². The summed E-state index contributed by atoms with van der Waals surface area (Å²) in [6.45, 7) is 0.888. The van der Waals surface area contributed by atoms with Crippen molar-refractivity contribution < 1.29 is 43.2 Å². The molecule has 0 aliphatic heterocycles. The summed E-state index contributed by atoms with van der Waals surface area (Å²) in [7, 11) is 0. The van der Waals surface area contributed by atoms with E-state index < -0.39 is 77.8 Å². The lowest BCUT2D eigenvalue weighted by Crippen LogP contribution is -2.56. The maximum absolute atomic E-state index is 14.5. The maximum atomic E-state index is 14.5. The first kappa shape index (κ1) is 73.1. The topological polar surface area (TPSA) is 495 Å². The summed E-state index contributed by atoms with van der Waals surface area (Å²) in [4.78, 5) is 137. The standard InChI is InChI=1S/C63H111N19O9/c64-46-25-7-1-19-40(46)55(86)80-49-28-10-4-22-43(49)57(88)76-38(17-14-32-73-62(68)69)35-53(84)79-48-27-9-3-21-42(48)60(91)82-51-30-12-6-24-45(51)58(89)77-39(18-15-33-74-63(70)71)36-54(85)78-47-26-8-2-20-41(47)59(90)81-50-29-11-5-23-44(50)56(87)75-37(34-52(65)83)16-13-31-72-61(66)67/h37-51H,1-36,64H2,(H2,65,83)(H,75,87)(H,76,88)(H,77,89)(H,78,85)(H,79,84)(H,80,86)(H,81,90)(H,82,91)(H4,66,67,72)(H4,68,69,73)(H4,70,71,74)/t37-,38-,39-,40-,41-,42-,43-,44-,45-,46-,47-,48-,49-,50-,51-/m0/s1. The molecule has 6 aliphatic carbocycles. The Morgan fingerprint density at radius 1 is 0.319 bits per heavy atom. The number of carbonyl (C=O) groups excluding carboxylic acids is 9. The molecular weight excluding hydrogens is 1170 g/mol. The van der Waals surface area contributed by atoms with Crippen LogP contribution in [0.5, 0.6) is 0 Å². The van der Waals surface area contributed by atoms with E-state index in [1.165, 1.54) is 0 Å². The molecule has 0 spiro atoms. The number of nitrogens with zero attached hydrogens (tertiary/aromatic N) is 3. The van der Waals surface area contributed by atoms with Crippen LogP contribution in [-0.4, -0.2) is 145 Å². The van der Waals surface area contributed by atoms with Crippen molar-refractivity contribution in [1.29, 1.82) is 0 Å². The zero-order valence-electron chi connectivity index (χ0n) is 53.8. The molecule has 512 valence electrons. The number of rotatable bonds is 32. The highest BCUT2D eigenvalue weighted by Crippen LogP contribution is 2.33. The van der Waals surface area contributed by atoms with Gasteiger partial charge in [0.15, 0.2) is 17.9 Å². The van der Waals surface area contributed by atoms with Gasteiger partial charge in [-0.05, 0) is 116 Å². The third-order valence-corrected chi connectivity index (χ3v) is 19.7. The van der Waals surface area contributed by atoms with Crippen molar-refractivity contribution >= 4 is 71.0 Å². The van der Waals surface area contributed by atoms with Gasteiger partial charge in [0.1, 0.15) is 0 Å². The number of aliphatic imine (C=N–C) groups is 3. The molecule has 0 unspecified atom stereocenters. The molecule has 0 aromatic rings. The SMILES string of the molecule is NC(=O)C[C@H](CCCN=C(N)N)NC(=O)[C@H]1CCCC[C@@H]1NC(=O)[C@H]1CCCC[C@@H]1NC(=O)C[C@H](CCCN=C(N)N)NC(=O)[C@H]1CCCC[C@@H]1NC(=O)[C@H]1CCCC[C@@H]1NC(=O)C[C@H](CCCN=C(N)N)NC(=O)[C@H]1CCCC[C@@H]1NC(=O)[C@H]1CCCC[C@@H]1N. The van der Waals surface area contributed by atoms with Gasteiger partial charge in [-0.1, -0.05) is 77.0 Å². The lowest BCUT2D eigenvalue weighted by atomic mass is 9.80. The first-order chi connectivity index (χ1) is 43.6. The van der Waals surface area contributed by atoms with Gasteiger partial charge in [0.2, 0.25) is 53.2 Å². The van der Waals surface area contributed by atoms with Crippen LogP contribution >= 0.6 is 0 Å². The molecular formula is C63H111N19O9. The molecule has 6 saturated carbocycles. The van der Waals surface area contributed by atoms with Crippen LogP contribution < -0.4 is 88.4 Å². The predicted octanol–water partition coefficient (Wildman–Crippen LogP) is 0.150. The summed E-state index contributed by atoms with van der Waals surface area (Å²) in [5.41, 5.74) is 45.3. The van der Waals surface area contributed by atoms with Gasteiger partial charge in [-0.15, -0.1) is 0 Å². The lowest BCUT2D eigenvalue weighted by molar-refractivity contribution is -0.133. The van der Waals surface area contributed by atoms with Gasteiger partial charge in [-0.25, -0.2) is 0 Å². The van der Waals surface area contributed by atoms with Crippen LogP contribution in [-0.2, 0) is 43.2 Å². The Kier molecular flexibility index (Phi) is 30.6. The molecule has 91 heavy (non-hydrogen) atoms. The van der Waals surface area contributed by atoms with Crippen LogP contribution in [0.2, 0.25) is 0 Å². The first-order valence-corrected chi connectivity index (χ1v) is 34.3. The monoisotopic (exact) mass is 1280 g/mol. The van der Waals surface area contributed by atoms with Gasteiger partial charge in [0, 0.05) is 93.3 Å². The fourth-order valence-corrected chi connectivity index (χ4v) is 14.9. The number of amides is 9. The maximum Gasteiger partial charge on any atom is 0.225 e. The molecule has 9 amide bonds. The van der Waals surface area contributed by atoms with Crippen molar-refractivity contribution in [1.82, 2.24) is 42.5 Å². The van der Waals surface area contributed by atoms with E-state index in [2.05, 4.69) is 57.5 Å². The molecule has 24 N–H and O–H groups in total. The summed E-state index contributed by atoms with van der Waals surface area (Å²) < 4.78 is 0. The van der Waals surface area contributed by atoms with Gasteiger partial charge >= 0.3 is 0 Å².